The van der Waals surface area contributed by atoms with E-state index >= 15 is 0 Å². The van der Waals surface area contributed by atoms with Crippen LogP contribution in [0.5, 0.6) is 5.75 Å². The summed E-state index contributed by atoms with van der Waals surface area (Å²) in [6.07, 6.45) is 1.32. The van der Waals surface area contributed by atoms with E-state index in [4.69, 9.17) is 4.52 Å². The SMILES string of the molecule is Cc1cccc(C)c1OP1SCCCS1. The molecule has 0 aromatic heterocycles. The summed E-state index contributed by atoms with van der Waals surface area (Å²) in [5, 5.41) is 0. The molecule has 1 aliphatic heterocycles. The van der Waals surface area contributed by atoms with Gasteiger partial charge in [-0.1, -0.05) is 41.0 Å². The van der Waals surface area contributed by atoms with Crippen molar-refractivity contribution in [2.24, 2.45) is 0 Å². The van der Waals surface area contributed by atoms with E-state index in [1.807, 2.05) is 22.8 Å². The van der Waals surface area contributed by atoms with Gasteiger partial charge < -0.3 is 4.52 Å². The van der Waals surface area contributed by atoms with Crippen molar-refractivity contribution in [1.82, 2.24) is 0 Å². The molecule has 2 rings (SSSR count). The largest absolute Gasteiger partial charge is 0.452 e. The standard InChI is InChI=1S/C11H15OPS2/c1-9-5-3-6-10(2)11(9)12-13-14-7-4-8-15-13/h3,5-6H,4,7-8H2,1-2H3. The van der Waals surface area contributed by atoms with E-state index < -0.39 is 0 Å². The first-order chi connectivity index (χ1) is 7.27. The summed E-state index contributed by atoms with van der Waals surface area (Å²) in [5.41, 5.74) is 2.51. The van der Waals surface area contributed by atoms with Crippen LogP contribution in [0.2, 0.25) is 0 Å². The second kappa shape index (κ2) is 5.47. The van der Waals surface area contributed by atoms with Crippen LogP contribution >= 0.6 is 29.3 Å². The Bertz CT molecular complexity index is 317. The number of aryl methyl sites for hydroxylation is 2. The number of rotatable bonds is 2. The highest BCUT2D eigenvalue weighted by Crippen LogP contribution is 2.64. The molecule has 0 atom stereocenters. The lowest BCUT2D eigenvalue weighted by Crippen LogP contribution is -1.95. The Balaban J connectivity index is 2.09. The van der Waals surface area contributed by atoms with Gasteiger partial charge in [0, 0.05) is 11.5 Å². The van der Waals surface area contributed by atoms with Gasteiger partial charge in [-0.15, -0.1) is 0 Å². The third-order valence-corrected chi connectivity index (χ3v) is 8.66. The third-order valence-electron chi connectivity index (χ3n) is 2.26. The topological polar surface area (TPSA) is 9.23 Å². The zero-order chi connectivity index (χ0) is 10.7. The zero-order valence-electron chi connectivity index (χ0n) is 9.03. The van der Waals surface area contributed by atoms with Crippen molar-refractivity contribution in [3.8, 4) is 5.75 Å². The molecule has 0 aliphatic carbocycles. The van der Waals surface area contributed by atoms with E-state index in [0.29, 0.717) is 0 Å². The molecule has 1 fully saturated rings. The fraction of sp³-hybridized carbons (Fsp3) is 0.455. The minimum Gasteiger partial charge on any atom is -0.452 e. The average Bonchev–Trinajstić information content (AvgIpc) is 2.25. The van der Waals surface area contributed by atoms with Crippen LogP contribution in [0.25, 0.3) is 0 Å². The summed E-state index contributed by atoms with van der Waals surface area (Å²) in [6, 6.07) is 6.33. The van der Waals surface area contributed by atoms with Crippen molar-refractivity contribution in [1.29, 1.82) is 0 Å². The summed E-state index contributed by atoms with van der Waals surface area (Å²) in [4.78, 5) is 0. The minimum atomic E-state index is -0.347. The van der Waals surface area contributed by atoms with Gasteiger partial charge in [0.2, 0.25) is 6.55 Å². The average molecular weight is 258 g/mol. The molecule has 15 heavy (non-hydrogen) atoms. The maximum atomic E-state index is 6.11. The molecule has 1 aliphatic rings. The van der Waals surface area contributed by atoms with Crippen LogP contribution in [-0.4, -0.2) is 11.5 Å². The van der Waals surface area contributed by atoms with Crippen molar-refractivity contribution in [3.63, 3.8) is 0 Å². The number of benzene rings is 1. The quantitative estimate of drug-likeness (QED) is 0.706. The Morgan fingerprint density at radius 1 is 1.13 bits per heavy atom. The van der Waals surface area contributed by atoms with Crippen LogP contribution < -0.4 is 4.52 Å². The lowest BCUT2D eigenvalue weighted by Gasteiger charge is -2.22. The molecule has 1 nitrogen and oxygen atoms in total. The van der Waals surface area contributed by atoms with Gasteiger partial charge >= 0.3 is 0 Å². The van der Waals surface area contributed by atoms with Gasteiger partial charge in [-0.05, 0) is 31.4 Å². The first-order valence-electron chi connectivity index (χ1n) is 5.07. The summed E-state index contributed by atoms with van der Waals surface area (Å²) in [5.74, 6) is 3.61. The Kier molecular flexibility index (Phi) is 4.24. The fourth-order valence-electron chi connectivity index (χ4n) is 1.44. The van der Waals surface area contributed by atoms with Gasteiger partial charge in [0.1, 0.15) is 5.75 Å². The van der Waals surface area contributed by atoms with Crippen LogP contribution in [0.4, 0.5) is 0 Å². The molecule has 0 unspecified atom stereocenters. The Morgan fingerprint density at radius 3 is 2.33 bits per heavy atom. The molecule has 0 radical (unpaired) electrons. The molecule has 82 valence electrons. The van der Waals surface area contributed by atoms with Crippen LogP contribution in [0.3, 0.4) is 0 Å². The molecule has 1 saturated heterocycles. The van der Waals surface area contributed by atoms with Crippen molar-refractivity contribution in [3.05, 3.63) is 29.3 Å². The van der Waals surface area contributed by atoms with Gasteiger partial charge in [-0.3, -0.25) is 0 Å². The smallest absolute Gasteiger partial charge is 0.209 e. The number of hydrogen-bond donors (Lipinski definition) is 0. The van der Waals surface area contributed by atoms with E-state index in [9.17, 15) is 0 Å². The van der Waals surface area contributed by atoms with Gasteiger partial charge in [-0.25, -0.2) is 0 Å². The molecule has 4 heteroatoms. The van der Waals surface area contributed by atoms with Gasteiger partial charge in [-0.2, -0.15) is 0 Å². The first-order valence-corrected chi connectivity index (χ1v) is 9.51. The molecular weight excluding hydrogens is 243 g/mol. The highest BCUT2D eigenvalue weighted by atomic mass is 33.1. The lowest BCUT2D eigenvalue weighted by molar-refractivity contribution is 0.626. The Hall–Kier alpha value is 0.150. The predicted octanol–water partition coefficient (Wildman–Crippen LogP) is 4.78. The summed E-state index contributed by atoms with van der Waals surface area (Å²) < 4.78 is 6.11. The summed E-state index contributed by atoms with van der Waals surface area (Å²) >= 11 is 3.96. The highest BCUT2D eigenvalue weighted by molar-refractivity contribution is 8.87. The van der Waals surface area contributed by atoms with Crippen LogP contribution in [-0.2, 0) is 0 Å². The van der Waals surface area contributed by atoms with E-state index in [-0.39, 0.29) is 6.55 Å². The van der Waals surface area contributed by atoms with Crippen LogP contribution in [0.1, 0.15) is 17.5 Å². The predicted molar refractivity (Wildman–Crippen MR) is 73.0 cm³/mol. The van der Waals surface area contributed by atoms with Gasteiger partial charge in [0.15, 0.2) is 0 Å². The second-order valence-electron chi connectivity index (χ2n) is 3.56. The van der Waals surface area contributed by atoms with E-state index in [1.54, 1.807) is 0 Å². The number of hydrogen-bond acceptors (Lipinski definition) is 3. The van der Waals surface area contributed by atoms with E-state index in [0.717, 1.165) is 5.75 Å². The first kappa shape index (κ1) is 11.6. The third kappa shape index (κ3) is 3.05. The zero-order valence-corrected chi connectivity index (χ0v) is 11.6. The van der Waals surface area contributed by atoms with Crippen molar-refractivity contribution < 1.29 is 4.52 Å². The van der Waals surface area contributed by atoms with E-state index in [1.165, 1.54) is 29.1 Å². The Morgan fingerprint density at radius 2 is 1.73 bits per heavy atom. The van der Waals surface area contributed by atoms with Gasteiger partial charge in [0.25, 0.3) is 0 Å². The summed E-state index contributed by atoms with van der Waals surface area (Å²) in [6.45, 7) is 3.90. The van der Waals surface area contributed by atoms with Crippen molar-refractivity contribution >= 4 is 29.3 Å². The van der Waals surface area contributed by atoms with Crippen LogP contribution in [0, 0.1) is 13.8 Å². The second-order valence-corrected chi connectivity index (χ2v) is 9.75. The maximum Gasteiger partial charge on any atom is 0.209 e. The lowest BCUT2D eigenvalue weighted by atomic mass is 10.1. The summed E-state index contributed by atoms with van der Waals surface area (Å²) in [7, 11) is 0. The molecular formula is C11H15OPS2. The molecule has 1 aromatic carbocycles. The molecule has 1 aromatic rings. The van der Waals surface area contributed by atoms with Crippen molar-refractivity contribution in [2.75, 3.05) is 11.5 Å². The molecule has 0 saturated carbocycles. The molecule has 0 N–H and O–H groups in total. The molecule has 0 bridgehead atoms. The Labute approximate surface area is 101 Å². The maximum absolute atomic E-state index is 6.11. The minimum absolute atomic E-state index is 0.347. The molecule has 0 amide bonds. The monoisotopic (exact) mass is 258 g/mol. The molecule has 0 spiro atoms. The van der Waals surface area contributed by atoms with E-state index in [2.05, 4.69) is 32.0 Å². The fourth-order valence-corrected chi connectivity index (χ4v) is 7.76. The van der Waals surface area contributed by atoms with Crippen LogP contribution in [0.15, 0.2) is 18.2 Å². The highest BCUT2D eigenvalue weighted by Gasteiger charge is 2.18. The van der Waals surface area contributed by atoms with Crippen molar-refractivity contribution in [2.45, 2.75) is 20.3 Å². The van der Waals surface area contributed by atoms with Gasteiger partial charge in [0.05, 0.1) is 0 Å². The normalized spacial score (nSPS) is 17.7. The number of para-hydroxylation sites is 1. The molecule has 1 heterocycles.